The minimum atomic E-state index is -3.59. The molecule has 2 N–H and O–H groups in total. The van der Waals surface area contributed by atoms with Crippen LogP contribution in [0.25, 0.3) is 0 Å². The van der Waals surface area contributed by atoms with Gasteiger partial charge in [-0.05, 0) is 56.4 Å². The Morgan fingerprint density at radius 1 is 1.06 bits per heavy atom. The highest BCUT2D eigenvalue weighted by molar-refractivity contribution is 7.89. The Morgan fingerprint density at radius 2 is 1.78 bits per heavy atom. The average molecular weight is 458 g/mol. The third-order valence-corrected chi connectivity index (χ3v) is 7.69. The van der Waals surface area contributed by atoms with Gasteiger partial charge in [0.2, 0.25) is 10.0 Å². The van der Waals surface area contributed by atoms with Crippen LogP contribution in [0.2, 0.25) is 0 Å². The van der Waals surface area contributed by atoms with E-state index in [0.717, 1.165) is 62.2 Å². The van der Waals surface area contributed by atoms with Crippen molar-refractivity contribution in [1.82, 2.24) is 14.9 Å². The lowest BCUT2D eigenvalue weighted by atomic mass is 10.0. The first-order valence-electron chi connectivity index (χ1n) is 11.1. The summed E-state index contributed by atoms with van der Waals surface area (Å²) >= 11 is 0. The van der Waals surface area contributed by atoms with E-state index in [-0.39, 0.29) is 22.9 Å². The van der Waals surface area contributed by atoms with E-state index in [2.05, 4.69) is 21.0 Å². The zero-order valence-corrected chi connectivity index (χ0v) is 19.5. The summed E-state index contributed by atoms with van der Waals surface area (Å²) in [5, 5.41) is 3.11. The number of rotatable bonds is 8. The largest absolute Gasteiger partial charge is 0.496 e. The topological polar surface area (TPSA) is 87.7 Å². The Labute approximate surface area is 190 Å². The lowest BCUT2D eigenvalue weighted by molar-refractivity contribution is 0.0908. The van der Waals surface area contributed by atoms with Gasteiger partial charge in [-0.25, -0.2) is 13.1 Å². The number of piperidine rings is 1. The molecule has 0 spiro atoms. The van der Waals surface area contributed by atoms with Crippen molar-refractivity contribution in [2.75, 3.05) is 20.2 Å². The number of carbonyl (C=O) groups excluding carboxylic acids is 1. The van der Waals surface area contributed by atoms with Crippen molar-refractivity contribution in [3.8, 4) is 5.75 Å². The predicted molar refractivity (Wildman–Crippen MR) is 123 cm³/mol. The number of benzene rings is 2. The lowest BCUT2D eigenvalue weighted by Gasteiger charge is -2.32. The van der Waals surface area contributed by atoms with Crippen LogP contribution in [0.1, 0.15) is 47.2 Å². The molecule has 1 saturated carbocycles. The summed E-state index contributed by atoms with van der Waals surface area (Å²) in [6.45, 7) is 4.40. The molecule has 4 rings (SSSR count). The molecule has 32 heavy (non-hydrogen) atoms. The molecular weight excluding hydrogens is 426 g/mol. The maximum Gasteiger partial charge on any atom is 0.251 e. The maximum absolute atomic E-state index is 12.9. The molecule has 2 aromatic rings. The van der Waals surface area contributed by atoms with E-state index in [9.17, 15) is 13.2 Å². The lowest BCUT2D eigenvalue weighted by Crippen LogP contribution is -2.44. The van der Waals surface area contributed by atoms with Crippen molar-refractivity contribution in [3.63, 3.8) is 0 Å². The van der Waals surface area contributed by atoms with Crippen molar-refractivity contribution in [3.05, 3.63) is 59.2 Å². The van der Waals surface area contributed by atoms with Gasteiger partial charge in [0.15, 0.2) is 0 Å². The monoisotopic (exact) mass is 457 g/mol. The predicted octanol–water partition coefficient (Wildman–Crippen LogP) is 2.84. The SMILES string of the molecule is COc1ccccc1CN1CCC(NC(=O)c2cc(S(=O)(=O)NC3CC3)ccc2C)CC1. The molecule has 0 bridgehead atoms. The number of aryl methyl sites for hydroxylation is 1. The molecular formula is C24H31N3O4S. The summed E-state index contributed by atoms with van der Waals surface area (Å²) < 4.78 is 33.2. The third-order valence-electron chi connectivity index (χ3n) is 6.17. The zero-order chi connectivity index (χ0) is 22.7. The number of likely N-dealkylation sites (tertiary alicyclic amines) is 1. The molecule has 1 amide bonds. The van der Waals surface area contributed by atoms with Crippen LogP contribution in [0.4, 0.5) is 0 Å². The number of amides is 1. The number of ether oxygens (including phenoxy) is 1. The van der Waals surface area contributed by atoms with Gasteiger partial charge < -0.3 is 10.1 Å². The molecule has 0 unspecified atom stereocenters. The highest BCUT2D eigenvalue weighted by Gasteiger charge is 2.29. The van der Waals surface area contributed by atoms with E-state index < -0.39 is 10.0 Å². The van der Waals surface area contributed by atoms with Gasteiger partial charge in [-0.15, -0.1) is 0 Å². The molecule has 1 aliphatic carbocycles. The molecule has 0 aromatic heterocycles. The normalized spacial score (nSPS) is 17.8. The Morgan fingerprint density at radius 3 is 2.47 bits per heavy atom. The molecule has 0 radical (unpaired) electrons. The van der Waals surface area contributed by atoms with Crippen LogP contribution in [0.5, 0.6) is 5.75 Å². The number of hydrogen-bond donors (Lipinski definition) is 2. The van der Waals surface area contributed by atoms with Gasteiger partial charge in [0, 0.05) is 42.8 Å². The second-order valence-corrected chi connectivity index (χ2v) is 10.4. The fourth-order valence-electron chi connectivity index (χ4n) is 4.07. The van der Waals surface area contributed by atoms with Crippen molar-refractivity contribution < 1.29 is 17.9 Å². The second-order valence-electron chi connectivity index (χ2n) is 8.71. The van der Waals surface area contributed by atoms with Gasteiger partial charge in [0.05, 0.1) is 12.0 Å². The maximum atomic E-state index is 12.9. The van der Waals surface area contributed by atoms with E-state index >= 15 is 0 Å². The fourth-order valence-corrected chi connectivity index (χ4v) is 5.41. The minimum Gasteiger partial charge on any atom is -0.496 e. The van der Waals surface area contributed by atoms with Crippen molar-refractivity contribution in [2.24, 2.45) is 0 Å². The highest BCUT2D eigenvalue weighted by atomic mass is 32.2. The van der Waals surface area contributed by atoms with Crippen molar-refractivity contribution in [1.29, 1.82) is 0 Å². The molecule has 2 fully saturated rings. The van der Waals surface area contributed by atoms with E-state index in [0.29, 0.717) is 5.56 Å². The molecule has 0 atom stereocenters. The average Bonchev–Trinajstić information content (AvgIpc) is 3.59. The first kappa shape index (κ1) is 22.8. The van der Waals surface area contributed by atoms with E-state index in [1.54, 1.807) is 19.2 Å². The van der Waals surface area contributed by atoms with Gasteiger partial charge >= 0.3 is 0 Å². The summed E-state index contributed by atoms with van der Waals surface area (Å²) in [4.78, 5) is 15.5. The van der Waals surface area contributed by atoms with E-state index in [4.69, 9.17) is 4.74 Å². The third kappa shape index (κ3) is 5.49. The van der Waals surface area contributed by atoms with Crippen LogP contribution in [0.15, 0.2) is 47.4 Å². The van der Waals surface area contributed by atoms with Crippen LogP contribution < -0.4 is 14.8 Å². The summed E-state index contributed by atoms with van der Waals surface area (Å²) in [6, 6.07) is 12.9. The van der Waals surface area contributed by atoms with Gasteiger partial charge in [-0.2, -0.15) is 0 Å². The first-order chi connectivity index (χ1) is 15.4. The van der Waals surface area contributed by atoms with Crippen molar-refractivity contribution >= 4 is 15.9 Å². The molecule has 1 aliphatic heterocycles. The standard InChI is InChI=1S/C24H31N3O4S/c1-17-7-10-21(32(29,30)26-20-8-9-20)15-22(17)24(28)25-19-11-13-27(14-12-19)16-18-5-3-4-6-23(18)31-2/h3-7,10,15,19-20,26H,8-9,11-14,16H2,1-2H3,(H,25,28). The summed E-state index contributed by atoms with van der Waals surface area (Å²) in [5.74, 6) is 0.679. The number of nitrogens with one attached hydrogen (secondary N) is 2. The van der Waals surface area contributed by atoms with Gasteiger partial charge in [-0.3, -0.25) is 9.69 Å². The van der Waals surface area contributed by atoms with Crippen LogP contribution in [-0.4, -0.2) is 51.5 Å². The Bertz CT molecular complexity index is 1070. The molecule has 1 saturated heterocycles. The highest BCUT2D eigenvalue weighted by Crippen LogP contribution is 2.24. The van der Waals surface area contributed by atoms with E-state index in [1.165, 1.54) is 6.07 Å². The van der Waals surface area contributed by atoms with Gasteiger partial charge in [-0.1, -0.05) is 24.3 Å². The van der Waals surface area contributed by atoms with E-state index in [1.807, 2.05) is 25.1 Å². The van der Waals surface area contributed by atoms with Crippen LogP contribution in [0.3, 0.4) is 0 Å². The van der Waals surface area contributed by atoms with Gasteiger partial charge in [0.1, 0.15) is 5.75 Å². The summed E-state index contributed by atoms with van der Waals surface area (Å²) in [6.07, 6.45) is 3.44. The molecule has 2 aromatic carbocycles. The summed E-state index contributed by atoms with van der Waals surface area (Å²) in [5.41, 5.74) is 2.34. The summed E-state index contributed by atoms with van der Waals surface area (Å²) in [7, 11) is -1.91. The minimum absolute atomic E-state index is 0.0274. The second kappa shape index (κ2) is 9.60. The Hall–Kier alpha value is -2.42. The molecule has 1 heterocycles. The smallest absolute Gasteiger partial charge is 0.251 e. The van der Waals surface area contributed by atoms with Crippen LogP contribution >= 0.6 is 0 Å². The molecule has 7 nitrogen and oxygen atoms in total. The molecule has 2 aliphatic rings. The Balaban J connectivity index is 1.35. The Kier molecular flexibility index (Phi) is 6.83. The van der Waals surface area contributed by atoms with Crippen LogP contribution in [0, 0.1) is 6.92 Å². The number of para-hydroxylation sites is 1. The number of methoxy groups -OCH3 is 1. The number of carbonyl (C=O) groups is 1. The molecule has 8 heteroatoms. The zero-order valence-electron chi connectivity index (χ0n) is 18.6. The quantitative estimate of drug-likeness (QED) is 0.637. The first-order valence-corrected chi connectivity index (χ1v) is 12.6. The van der Waals surface area contributed by atoms with Crippen LogP contribution in [-0.2, 0) is 16.6 Å². The number of hydrogen-bond acceptors (Lipinski definition) is 5. The van der Waals surface area contributed by atoms with Gasteiger partial charge in [0.25, 0.3) is 5.91 Å². The molecule has 172 valence electrons. The fraction of sp³-hybridized carbons (Fsp3) is 0.458. The van der Waals surface area contributed by atoms with Crippen molar-refractivity contribution in [2.45, 2.75) is 56.1 Å². The number of nitrogens with zero attached hydrogens (tertiary/aromatic N) is 1. The number of sulfonamides is 1.